The average Bonchev–Trinajstić information content (AvgIpc) is 2.57. The van der Waals surface area contributed by atoms with Crippen molar-refractivity contribution in [1.29, 1.82) is 0 Å². The molecule has 1 aliphatic carbocycles. The molecule has 1 aromatic carbocycles. The summed E-state index contributed by atoms with van der Waals surface area (Å²) in [5, 5.41) is 0. The number of nitrogens with zero attached hydrogens (tertiary/aromatic N) is 1. The Balaban J connectivity index is 1.48. The second-order valence-electron chi connectivity index (χ2n) is 7.10. The van der Waals surface area contributed by atoms with Crippen molar-refractivity contribution in [3.8, 4) is 0 Å². The molecular formula is C19H28N2O2. The van der Waals surface area contributed by atoms with Crippen LogP contribution in [0.25, 0.3) is 0 Å². The summed E-state index contributed by atoms with van der Waals surface area (Å²) in [4.78, 5) is 14.5. The average molecular weight is 316 g/mol. The van der Waals surface area contributed by atoms with Gasteiger partial charge in [0.15, 0.2) is 0 Å². The Morgan fingerprint density at radius 2 is 1.65 bits per heavy atom. The first kappa shape index (κ1) is 16.3. The van der Waals surface area contributed by atoms with Crippen molar-refractivity contribution in [1.82, 2.24) is 4.90 Å². The molecule has 0 atom stereocenters. The number of nitrogen functional groups attached to an aromatic ring is 1. The van der Waals surface area contributed by atoms with Gasteiger partial charge in [-0.25, -0.2) is 0 Å². The standard InChI is InChI=1S/C19H28N2O2/c1-14-6-8-15(9-7-14)23-16-10-12-21(13-11-16)19(22)17-4-2-3-5-18(17)20/h2-5,14-16H,6-13,20H2,1H3. The molecule has 1 saturated heterocycles. The van der Waals surface area contributed by atoms with Crippen LogP contribution in [0.5, 0.6) is 0 Å². The molecule has 23 heavy (non-hydrogen) atoms. The second kappa shape index (κ2) is 7.35. The van der Waals surface area contributed by atoms with Gasteiger partial charge in [-0.3, -0.25) is 4.79 Å². The Morgan fingerprint density at radius 3 is 2.30 bits per heavy atom. The molecule has 2 N–H and O–H groups in total. The van der Waals surface area contributed by atoms with Gasteiger partial charge in [0.2, 0.25) is 0 Å². The Kier molecular flexibility index (Phi) is 5.21. The number of likely N-dealkylation sites (tertiary alicyclic amines) is 1. The number of para-hydroxylation sites is 1. The van der Waals surface area contributed by atoms with Gasteiger partial charge < -0.3 is 15.4 Å². The Bertz CT molecular complexity index is 530. The molecule has 1 aliphatic heterocycles. The van der Waals surface area contributed by atoms with Gasteiger partial charge in [0.1, 0.15) is 0 Å². The van der Waals surface area contributed by atoms with E-state index in [4.69, 9.17) is 10.5 Å². The van der Waals surface area contributed by atoms with Crippen LogP contribution in [0.2, 0.25) is 0 Å². The van der Waals surface area contributed by atoms with Crippen molar-refractivity contribution in [2.45, 2.75) is 57.7 Å². The zero-order valence-corrected chi connectivity index (χ0v) is 14.0. The third-order valence-electron chi connectivity index (χ3n) is 5.27. The van der Waals surface area contributed by atoms with Gasteiger partial charge in [-0.2, -0.15) is 0 Å². The number of ether oxygens (including phenoxy) is 1. The maximum Gasteiger partial charge on any atom is 0.255 e. The molecular weight excluding hydrogens is 288 g/mol. The highest BCUT2D eigenvalue weighted by atomic mass is 16.5. The molecule has 2 fully saturated rings. The lowest BCUT2D eigenvalue weighted by Gasteiger charge is -2.35. The van der Waals surface area contributed by atoms with Crippen molar-refractivity contribution in [3.63, 3.8) is 0 Å². The number of hydrogen-bond acceptors (Lipinski definition) is 3. The third kappa shape index (κ3) is 4.05. The molecule has 1 aromatic rings. The largest absolute Gasteiger partial charge is 0.398 e. The van der Waals surface area contributed by atoms with Crippen LogP contribution in [0, 0.1) is 5.92 Å². The van der Waals surface area contributed by atoms with E-state index in [2.05, 4.69) is 6.92 Å². The van der Waals surface area contributed by atoms with Gasteiger partial charge >= 0.3 is 0 Å². The summed E-state index contributed by atoms with van der Waals surface area (Å²) in [6, 6.07) is 7.32. The molecule has 126 valence electrons. The fraction of sp³-hybridized carbons (Fsp3) is 0.632. The van der Waals surface area contributed by atoms with Crippen LogP contribution in [0.4, 0.5) is 5.69 Å². The molecule has 1 saturated carbocycles. The van der Waals surface area contributed by atoms with Crippen LogP contribution in [0.1, 0.15) is 55.8 Å². The molecule has 1 heterocycles. The van der Waals surface area contributed by atoms with E-state index in [1.54, 1.807) is 6.07 Å². The fourth-order valence-electron chi connectivity index (χ4n) is 3.69. The summed E-state index contributed by atoms with van der Waals surface area (Å²) in [6.45, 7) is 3.86. The lowest BCUT2D eigenvalue weighted by molar-refractivity contribution is -0.0570. The normalized spacial score (nSPS) is 26.2. The van der Waals surface area contributed by atoms with Gasteiger partial charge in [0, 0.05) is 18.8 Å². The number of nitrogens with two attached hydrogens (primary N) is 1. The minimum Gasteiger partial charge on any atom is -0.398 e. The van der Waals surface area contributed by atoms with Crippen molar-refractivity contribution in [3.05, 3.63) is 29.8 Å². The summed E-state index contributed by atoms with van der Waals surface area (Å²) >= 11 is 0. The summed E-state index contributed by atoms with van der Waals surface area (Å²) in [7, 11) is 0. The van der Waals surface area contributed by atoms with E-state index in [0.29, 0.717) is 23.5 Å². The predicted octanol–water partition coefficient (Wildman–Crippen LogP) is 3.47. The molecule has 0 spiro atoms. The minimum atomic E-state index is 0.0491. The second-order valence-corrected chi connectivity index (χ2v) is 7.10. The molecule has 4 nitrogen and oxygen atoms in total. The summed E-state index contributed by atoms with van der Waals surface area (Å²) < 4.78 is 6.28. The number of hydrogen-bond donors (Lipinski definition) is 1. The Labute approximate surface area is 139 Å². The van der Waals surface area contributed by atoms with Gasteiger partial charge in [0.05, 0.1) is 17.8 Å². The highest BCUT2D eigenvalue weighted by Crippen LogP contribution is 2.28. The van der Waals surface area contributed by atoms with Gasteiger partial charge in [0.25, 0.3) is 5.91 Å². The number of rotatable bonds is 3. The molecule has 4 heteroatoms. The molecule has 1 amide bonds. The molecule has 0 bridgehead atoms. The number of carbonyl (C=O) groups is 1. The predicted molar refractivity (Wildman–Crippen MR) is 92.3 cm³/mol. The van der Waals surface area contributed by atoms with Crippen LogP contribution in [-0.2, 0) is 4.74 Å². The van der Waals surface area contributed by atoms with E-state index in [1.165, 1.54) is 25.7 Å². The van der Waals surface area contributed by atoms with Gasteiger partial charge in [-0.15, -0.1) is 0 Å². The van der Waals surface area contributed by atoms with E-state index >= 15 is 0 Å². The monoisotopic (exact) mass is 316 g/mol. The molecule has 3 rings (SSSR count). The quantitative estimate of drug-likeness (QED) is 0.869. The van der Waals surface area contributed by atoms with Crippen LogP contribution in [0.15, 0.2) is 24.3 Å². The van der Waals surface area contributed by atoms with E-state index < -0.39 is 0 Å². The Morgan fingerprint density at radius 1 is 1.04 bits per heavy atom. The highest BCUT2D eigenvalue weighted by Gasteiger charge is 2.28. The van der Waals surface area contributed by atoms with Crippen LogP contribution < -0.4 is 5.73 Å². The van der Waals surface area contributed by atoms with Crippen molar-refractivity contribution in [2.24, 2.45) is 5.92 Å². The van der Waals surface area contributed by atoms with E-state index in [0.717, 1.165) is 31.8 Å². The van der Waals surface area contributed by atoms with E-state index in [-0.39, 0.29) is 5.91 Å². The lowest BCUT2D eigenvalue weighted by atomic mass is 9.88. The first-order chi connectivity index (χ1) is 11.1. The van der Waals surface area contributed by atoms with Crippen LogP contribution in [0.3, 0.4) is 0 Å². The SMILES string of the molecule is CC1CCC(OC2CCN(C(=O)c3ccccc3N)CC2)CC1. The fourth-order valence-corrected chi connectivity index (χ4v) is 3.69. The molecule has 0 radical (unpaired) electrons. The van der Waals surface area contributed by atoms with Crippen LogP contribution >= 0.6 is 0 Å². The smallest absolute Gasteiger partial charge is 0.255 e. The molecule has 2 aliphatic rings. The highest BCUT2D eigenvalue weighted by molar-refractivity contribution is 5.99. The maximum absolute atomic E-state index is 12.6. The molecule has 0 unspecified atom stereocenters. The van der Waals surface area contributed by atoms with Gasteiger partial charge in [-0.05, 0) is 56.6 Å². The zero-order chi connectivity index (χ0) is 16.2. The topological polar surface area (TPSA) is 55.6 Å². The van der Waals surface area contributed by atoms with E-state index in [1.807, 2.05) is 23.1 Å². The molecule has 0 aromatic heterocycles. The maximum atomic E-state index is 12.6. The number of carbonyl (C=O) groups excluding carboxylic acids is 1. The first-order valence-corrected chi connectivity index (χ1v) is 8.92. The van der Waals surface area contributed by atoms with Gasteiger partial charge in [-0.1, -0.05) is 19.1 Å². The number of piperidine rings is 1. The summed E-state index contributed by atoms with van der Waals surface area (Å²) in [6.07, 6.45) is 7.58. The number of amides is 1. The first-order valence-electron chi connectivity index (χ1n) is 8.92. The summed E-state index contributed by atoms with van der Waals surface area (Å²) in [5.74, 6) is 0.902. The number of anilines is 1. The van der Waals surface area contributed by atoms with Crippen LogP contribution in [-0.4, -0.2) is 36.1 Å². The van der Waals surface area contributed by atoms with Crippen molar-refractivity contribution < 1.29 is 9.53 Å². The minimum absolute atomic E-state index is 0.0491. The zero-order valence-electron chi connectivity index (χ0n) is 14.0. The summed E-state index contributed by atoms with van der Waals surface area (Å²) in [5.41, 5.74) is 7.10. The van der Waals surface area contributed by atoms with E-state index in [9.17, 15) is 4.79 Å². The van der Waals surface area contributed by atoms with Crippen molar-refractivity contribution in [2.75, 3.05) is 18.8 Å². The number of benzene rings is 1. The Hall–Kier alpha value is -1.55. The third-order valence-corrected chi connectivity index (χ3v) is 5.27. The van der Waals surface area contributed by atoms with Crippen molar-refractivity contribution >= 4 is 11.6 Å². The lowest BCUT2D eigenvalue weighted by Crippen LogP contribution is -2.42.